The number of pyridine rings is 2. The summed E-state index contributed by atoms with van der Waals surface area (Å²) in [5, 5.41) is 1.14. The third-order valence-corrected chi connectivity index (χ3v) is 6.73. The Bertz CT molecular complexity index is 1310. The molecule has 3 aromatic heterocycles. The summed E-state index contributed by atoms with van der Waals surface area (Å²) in [6, 6.07) is 15.5. The summed E-state index contributed by atoms with van der Waals surface area (Å²) in [5.74, 6) is 0. The largest absolute Gasteiger partial charge is 0.346 e. The van der Waals surface area contributed by atoms with Gasteiger partial charge in [0.15, 0.2) is 0 Å². The lowest BCUT2D eigenvalue weighted by atomic mass is 9.97. The molecule has 5 heteroatoms. The number of hydrogen-bond acceptors (Lipinski definition) is 4. The van der Waals surface area contributed by atoms with Crippen LogP contribution in [-0.2, 0) is 13.0 Å². The molecule has 0 unspecified atom stereocenters. The molecule has 1 saturated heterocycles. The van der Waals surface area contributed by atoms with E-state index in [0.717, 1.165) is 61.4 Å². The van der Waals surface area contributed by atoms with Gasteiger partial charge in [-0.1, -0.05) is 24.3 Å². The van der Waals surface area contributed by atoms with Crippen molar-refractivity contribution >= 4 is 16.6 Å². The Hall–Kier alpha value is -3.28. The van der Waals surface area contributed by atoms with Crippen LogP contribution in [0.1, 0.15) is 22.4 Å². The number of aromatic nitrogens is 3. The maximum atomic E-state index is 4.82. The van der Waals surface area contributed by atoms with E-state index in [1.807, 2.05) is 18.6 Å². The molecule has 0 bridgehead atoms. The van der Waals surface area contributed by atoms with Gasteiger partial charge >= 0.3 is 0 Å². The fraction of sp³-hybridized carbons (Fsp3) is 0.259. The second-order valence-corrected chi connectivity index (χ2v) is 8.96. The highest BCUT2D eigenvalue weighted by Gasteiger charge is 2.19. The minimum Gasteiger partial charge on any atom is -0.346 e. The molecule has 0 amide bonds. The van der Waals surface area contributed by atoms with E-state index >= 15 is 0 Å². The number of piperazine rings is 1. The molecule has 1 aliphatic carbocycles. The van der Waals surface area contributed by atoms with Gasteiger partial charge in [0.1, 0.15) is 5.65 Å². The Morgan fingerprint density at radius 2 is 1.78 bits per heavy atom. The first-order valence-corrected chi connectivity index (χ1v) is 11.4. The van der Waals surface area contributed by atoms with Crippen LogP contribution in [-0.4, -0.2) is 58.0 Å². The highest BCUT2D eigenvalue weighted by Crippen LogP contribution is 2.35. The number of allylic oxidation sites excluding steroid dienone is 1. The number of nitrogens with zero attached hydrogens (tertiary/aromatic N) is 4. The molecule has 32 heavy (non-hydrogen) atoms. The molecule has 1 aromatic carbocycles. The van der Waals surface area contributed by atoms with Gasteiger partial charge in [-0.15, -0.1) is 0 Å². The van der Waals surface area contributed by atoms with Gasteiger partial charge in [-0.2, -0.15) is 0 Å². The second-order valence-electron chi connectivity index (χ2n) is 8.96. The van der Waals surface area contributed by atoms with Crippen LogP contribution in [0.3, 0.4) is 0 Å². The molecular formula is C27H27N5. The summed E-state index contributed by atoms with van der Waals surface area (Å²) in [6.07, 6.45) is 9.08. The third-order valence-electron chi connectivity index (χ3n) is 6.73. The Labute approximate surface area is 188 Å². The van der Waals surface area contributed by atoms with Gasteiger partial charge in [0.25, 0.3) is 0 Å². The lowest BCUT2D eigenvalue weighted by Crippen LogP contribution is -2.43. The van der Waals surface area contributed by atoms with E-state index in [1.165, 1.54) is 27.8 Å². The average Bonchev–Trinajstić information content (AvgIpc) is 3.46. The standard InChI is InChI=1S/C27H27N5/c1-31-9-11-32(12-10-31)18-19-3-2-4-20(13-19)22-15-25-24(5-6-26(25)29-16-22)23-14-21-7-8-28-27(21)30-17-23/h2-5,7-8,13-17H,6,9-12,18H2,1H3,(H,28,30). The van der Waals surface area contributed by atoms with Crippen molar-refractivity contribution in [2.24, 2.45) is 0 Å². The van der Waals surface area contributed by atoms with E-state index in [4.69, 9.17) is 4.98 Å². The van der Waals surface area contributed by atoms with Crippen LogP contribution in [0.25, 0.3) is 27.7 Å². The number of likely N-dealkylation sites (N-methyl/N-ethyl adjacent to an activating group) is 1. The fourth-order valence-electron chi connectivity index (χ4n) is 4.83. The first kappa shape index (κ1) is 19.4. The van der Waals surface area contributed by atoms with Crippen LogP contribution >= 0.6 is 0 Å². The van der Waals surface area contributed by atoms with Crippen LogP contribution in [0.5, 0.6) is 0 Å². The molecule has 1 aliphatic heterocycles. The van der Waals surface area contributed by atoms with Gasteiger partial charge in [0, 0.05) is 79.8 Å². The zero-order chi connectivity index (χ0) is 21.5. The van der Waals surface area contributed by atoms with Gasteiger partial charge in [-0.25, -0.2) is 4.98 Å². The van der Waals surface area contributed by atoms with E-state index in [2.05, 4.69) is 75.4 Å². The van der Waals surface area contributed by atoms with Crippen LogP contribution in [0.2, 0.25) is 0 Å². The summed E-state index contributed by atoms with van der Waals surface area (Å²) in [7, 11) is 2.20. The number of aromatic amines is 1. The molecule has 0 radical (unpaired) electrons. The first-order chi connectivity index (χ1) is 15.7. The molecule has 2 aliphatic rings. The number of hydrogen-bond donors (Lipinski definition) is 1. The van der Waals surface area contributed by atoms with Crippen molar-refractivity contribution in [2.75, 3.05) is 33.2 Å². The van der Waals surface area contributed by atoms with Gasteiger partial charge < -0.3 is 9.88 Å². The first-order valence-electron chi connectivity index (χ1n) is 11.4. The van der Waals surface area contributed by atoms with E-state index < -0.39 is 0 Å². The summed E-state index contributed by atoms with van der Waals surface area (Å²) < 4.78 is 0. The SMILES string of the molecule is CN1CCN(Cc2cccc(-c3cnc4c(c3)C(c3cnc5[nH]ccc5c3)=CC4)c2)CC1. The highest BCUT2D eigenvalue weighted by molar-refractivity contribution is 5.89. The smallest absolute Gasteiger partial charge is 0.137 e. The van der Waals surface area contributed by atoms with E-state index in [1.54, 1.807) is 0 Å². The normalized spacial score (nSPS) is 17.0. The molecule has 0 atom stereocenters. The van der Waals surface area contributed by atoms with Gasteiger partial charge in [0.2, 0.25) is 0 Å². The van der Waals surface area contributed by atoms with Crippen molar-refractivity contribution in [1.82, 2.24) is 24.8 Å². The van der Waals surface area contributed by atoms with Crippen molar-refractivity contribution in [3.8, 4) is 11.1 Å². The molecular weight excluding hydrogens is 394 g/mol. The fourth-order valence-corrected chi connectivity index (χ4v) is 4.83. The maximum absolute atomic E-state index is 4.82. The highest BCUT2D eigenvalue weighted by atomic mass is 15.2. The summed E-state index contributed by atoms with van der Waals surface area (Å²) in [5.41, 5.74) is 9.46. The number of fused-ring (bicyclic) bond motifs is 2. The summed E-state index contributed by atoms with van der Waals surface area (Å²) >= 11 is 0. The van der Waals surface area contributed by atoms with E-state index in [9.17, 15) is 0 Å². The molecule has 6 rings (SSSR count). The number of nitrogens with one attached hydrogen (secondary N) is 1. The Kier molecular flexibility index (Phi) is 4.86. The Balaban J connectivity index is 1.28. The molecule has 1 N–H and O–H groups in total. The molecule has 0 saturated carbocycles. The molecule has 4 aromatic rings. The minimum atomic E-state index is 0.875. The third kappa shape index (κ3) is 3.64. The molecule has 1 fully saturated rings. The van der Waals surface area contributed by atoms with Crippen molar-refractivity contribution in [2.45, 2.75) is 13.0 Å². The lowest BCUT2D eigenvalue weighted by molar-refractivity contribution is 0.148. The van der Waals surface area contributed by atoms with Crippen molar-refractivity contribution in [1.29, 1.82) is 0 Å². The number of rotatable bonds is 4. The predicted molar refractivity (Wildman–Crippen MR) is 129 cm³/mol. The molecule has 160 valence electrons. The zero-order valence-electron chi connectivity index (χ0n) is 18.4. The van der Waals surface area contributed by atoms with E-state index in [-0.39, 0.29) is 0 Å². The zero-order valence-corrected chi connectivity index (χ0v) is 18.4. The second kappa shape index (κ2) is 8.01. The molecule has 5 nitrogen and oxygen atoms in total. The molecule has 0 spiro atoms. The summed E-state index contributed by atoms with van der Waals surface area (Å²) in [6.45, 7) is 5.57. The summed E-state index contributed by atoms with van der Waals surface area (Å²) in [4.78, 5) is 17.5. The van der Waals surface area contributed by atoms with Crippen molar-refractivity contribution in [3.05, 3.63) is 89.5 Å². The Morgan fingerprint density at radius 1 is 0.906 bits per heavy atom. The van der Waals surface area contributed by atoms with Crippen molar-refractivity contribution < 1.29 is 0 Å². The minimum absolute atomic E-state index is 0.875. The van der Waals surface area contributed by atoms with E-state index in [0.29, 0.717) is 0 Å². The van der Waals surface area contributed by atoms with Gasteiger partial charge in [-0.3, -0.25) is 9.88 Å². The predicted octanol–water partition coefficient (Wildman–Crippen LogP) is 4.36. The maximum Gasteiger partial charge on any atom is 0.137 e. The molecule has 4 heterocycles. The van der Waals surface area contributed by atoms with Crippen LogP contribution in [0, 0.1) is 0 Å². The van der Waals surface area contributed by atoms with Gasteiger partial charge in [0.05, 0.1) is 5.69 Å². The average molecular weight is 422 g/mol. The Morgan fingerprint density at radius 3 is 2.69 bits per heavy atom. The number of H-pyrrole nitrogens is 1. The van der Waals surface area contributed by atoms with Gasteiger partial charge in [-0.05, 0) is 48.0 Å². The lowest BCUT2D eigenvalue weighted by Gasteiger charge is -2.32. The van der Waals surface area contributed by atoms with Crippen molar-refractivity contribution in [3.63, 3.8) is 0 Å². The van der Waals surface area contributed by atoms with Crippen LogP contribution in [0.4, 0.5) is 0 Å². The quantitative estimate of drug-likeness (QED) is 0.532. The van der Waals surface area contributed by atoms with Crippen LogP contribution in [0.15, 0.2) is 67.1 Å². The monoisotopic (exact) mass is 421 g/mol. The topological polar surface area (TPSA) is 48.1 Å². The van der Waals surface area contributed by atoms with Crippen LogP contribution < -0.4 is 0 Å². The number of benzene rings is 1.